The molecule has 7 nitrogen and oxygen atoms in total. The van der Waals surface area contributed by atoms with Crippen molar-refractivity contribution in [1.82, 2.24) is 14.5 Å². The van der Waals surface area contributed by atoms with Gasteiger partial charge in [-0.2, -0.15) is 0 Å². The van der Waals surface area contributed by atoms with Gasteiger partial charge in [0.1, 0.15) is 11.6 Å². The Kier molecular flexibility index (Phi) is 7.02. The number of likely N-dealkylation sites (N-methyl/N-ethyl adjacent to an activating group) is 1. The van der Waals surface area contributed by atoms with E-state index in [1.165, 1.54) is 17.0 Å². The van der Waals surface area contributed by atoms with E-state index >= 15 is 0 Å². The second kappa shape index (κ2) is 9.88. The van der Waals surface area contributed by atoms with Gasteiger partial charge in [-0.1, -0.05) is 6.92 Å². The molecule has 0 spiro atoms. The Morgan fingerprint density at radius 2 is 1.77 bits per heavy atom. The predicted molar refractivity (Wildman–Crippen MR) is 117 cm³/mol. The number of nitrogens with zero attached hydrogens (tertiary/aromatic N) is 3. The quantitative estimate of drug-likeness (QED) is 0.595. The summed E-state index contributed by atoms with van der Waals surface area (Å²) in [6.07, 6.45) is 2.09. The van der Waals surface area contributed by atoms with Gasteiger partial charge in [0.2, 0.25) is 17.8 Å². The third-order valence-electron chi connectivity index (χ3n) is 4.82. The molecule has 0 aliphatic carbocycles. The Bertz CT molecular complexity index is 1050. The summed E-state index contributed by atoms with van der Waals surface area (Å²) < 4.78 is 20.3. The van der Waals surface area contributed by atoms with Crippen molar-refractivity contribution in [3.8, 4) is 22.7 Å². The maximum atomic E-state index is 13.4. The predicted octanol–water partition coefficient (Wildman–Crippen LogP) is 3.88. The number of benzene rings is 2. The first kappa shape index (κ1) is 22.0. The number of hydrogen-bond acceptors (Lipinski definition) is 4. The number of imidazole rings is 1. The van der Waals surface area contributed by atoms with E-state index in [9.17, 15) is 14.0 Å². The fourth-order valence-electron chi connectivity index (χ4n) is 3.11. The fraction of sp³-hybridized carbons (Fsp3) is 0.261. The maximum absolute atomic E-state index is 13.4. The van der Waals surface area contributed by atoms with Crippen LogP contribution in [-0.4, -0.2) is 46.5 Å². The van der Waals surface area contributed by atoms with Gasteiger partial charge < -0.3 is 9.64 Å². The molecule has 2 aromatic carbocycles. The zero-order valence-corrected chi connectivity index (χ0v) is 17.8. The number of anilines is 1. The molecule has 0 saturated carbocycles. The molecule has 0 bridgehead atoms. The van der Waals surface area contributed by atoms with Crippen LogP contribution in [0.5, 0.6) is 5.75 Å². The standard InChI is InChI=1S/C23H25FN4O3/c1-4-22(30)27(5-2)15-21(29)26-23-25-20(16-6-12-19(31-3)13-7-16)14-28(23)18-10-8-17(24)9-11-18/h6-14H,4-5,15H2,1-3H3,(H,25,26,29). The topological polar surface area (TPSA) is 76.5 Å². The number of amides is 2. The van der Waals surface area contributed by atoms with Crippen molar-refractivity contribution in [2.75, 3.05) is 25.5 Å². The molecule has 0 saturated heterocycles. The van der Waals surface area contributed by atoms with Gasteiger partial charge in [-0.25, -0.2) is 9.37 Å². The van der Waals surface area contributed by atoms with Crippen LogP contribution in [0.3, 0.4) is 0 Å². The molecule has 1 aromatic heterocycles. The molecule has 162 valence electrons. The van der Waals surface area contributed by atoms with Crippen LogP contribution < -0.4 is 10.1 Å². The Morgan fingerprint density at radius 1 is 1.10 bits per heavy atom. The molecule has 0 radical (unpaired) electrons. The Morgan fingerprint density at radius 3 is 2.35 bits per heavy atom. The summed E-state index contributed by atoms with van der Waals surface area (Å²) in [5, 5.41) is 2.78. The summed E-state index contributed by atoms with van der Waals surface area (Å²) >= 11 is 0. The lowest BCUT2D eigenvalue weighted by Crippen LogP contribution is -2.37. The largest absolute Gasteiger partial charge is 0.497 e. The molecule has 1 heterocycles. The monoisotopic (exact) mass is 424 g/mol. The van der Waals surface area contributed by atoms with Gasteiger partial charge in [0, 0.05) is 30.4 Å². The molecule has 3 aromatic rings. The lowest BCUT2D eigenvalue weighted by molar-refractivity contribution is -0.134. The number of nitrogens with one attached hydrogen (secondary N) is 1. The first-order valence-corrected chi connectivity index (χ1v) is 10.0. The highest BCUT2D eigenvalue weighted by atomic mass is 19.1. The third-order valence-corrected chi connectivity index (χ3v) is 4.82. The highest BCUT2D eigenvalue weighted by Crippen LogP contribution is 2.26. The van der Waals surface area contributed by atoms with E-state index in [2.05, 4.69) is 10.3 Å². The fourth-order valence-corrected chi connectivity index (χ4v) is 3.11. The summed E-state index contributed by atoms with van der Waals surface area (Å²) in [5.74, 6) is 0.178. The number of aromatic nitrogens is 2. The minimum atomic E-state index is -0.362. The van der Waals surface area contributed by atoms with E-state index in [-0.39, 0.29) is 30.1 Å². The molecule has 0 aliphatic heterocycles. The van der Waals surface area contributed by atoms with Gasteiger partial charge in [0.25, 0.3) is 0 Å². The maximum Gasteiger partial charge on any atom is 0.246 e. The van der Waals surface area contributed by atoms with Gasteiger partial charge in [0.15, 0.2) is 0 Å². The first-order chi connectivity index (χ1) is 14.9. The molecule has 0 fully saturated rings. The van der Waals surface area contributed by atoms with Crippen LogP contribution in [0.15, 0.2) is 54.7 Å². The Balaban J connectivity index is 1.92. The number of hydrogen-bond donors (Lipinski definition) is 1. The smallest absolute Gasteiger partial charge is 0.246 e. The SMILES string of the molecule is CCC(=O)N(CC)CC(=O)Nc1nc(-c2ccc(OC)cc2)cn1-c1ccc(F)cc1. The number of halogens is 1. The summed E-state index contributed by atoms with van der Waals surface area (Å²) in [5.41, 5.74) is 2.09. The van der Waals surface area contributed by atoms with Crippen LogP contribution in [0.2, 0.25) is 0 Å². The molecule has 2 amide bonds. The minimum absolute atomic E-state index is 0.0721. The van der Waals surface area contributed by atoms with Crippen LogP contribution in [0.1, 0.15) is 20.3 Å². The summed E-state index contributed by atoms with van der Waals surface area (Å²) in [7, 11) is 1.59. The van der Waals surface area contributed by atoms with Crippen molar-refractivity contribution in [1.29, 1.82) is 0 Å². The van der Waals surface area contributed by atoms with Crippen LogP contribution in [0.25, 0.3) is 16.9 Å². The number of rotatable bonds is 8. The highest BCUT2D eigenvalue weighted by molar-refractivity contribution is 5.93. The number of carbonyl (C=O) groups excluding carboxylic acids is 2. The highest BCUT2D eigenvalue weighted by Gasteiger charge is 2.18. The normalized spacial score (nSPS) is 10.6. The van der Waals surface area contributed by atoms with E-state index < -0.39 is 0 Å². The molecular weight excluding hydrogens is 399 g/mol. The molecular formula is C23H25FN4O3. The second-order valence-corrected chi connectivity index (χ2v) is 6.83. The van der Waals surface area contributed by atoms with Crippen LogP contribution >= 0.6 is 0 Å². The van der Waals surface area contributed by atoms with Crippen molar-refractivity contribution in [3.05, 3.63) is 60.5 Å². The van der Waals surface area contributed by atoms with E-state index in [1.54, 1.807) is 36.9 Å². The molecule has 0 unspecified atom stereocenters. The second-order valence-electron chi connectivity index (χ2n) is 6.83. The van der Waals surface area contributed by atoms with Gasteiger partial charge in [-0.3, -0.25) is 19.5 Å². The van der Waals surface area contributed by atoms with E-state index in [1.807, 2.05) is 31.2 Å². The zero-order chi connectivity index (χ0) is 22.4. The van der Waals surface area contributed by atoms with E-state index in [0.717, 1.165) is 11.3 Å². The summed E-state index contributed by atoms with van der Waals surface area (Å²) in [6.45, 7) is 3.94. The van der Waals surface area contributed by atoms with Crippen molar-refractivity contribution < 1.29 is 18.7 Å². The number of carbonyl (C=O) groups is 2. The molecule has 3 rings (SSSR count). The molecule has 0 atom stereocenters. The van der Waals surface area contributed by atoms with Gasteiger partial charge in [-0.15, -0.1) is 0 Å². The zero-order valence-electron chi connectivity index (χ0n) is 17.8. The average molecular weight is 424 g/mol. The van der Waals surface area contributed by atoms with Crippen LogP contribution in [-0.2, 0) is 9.59 Å². The molecule has 0 aliphatic rings. The van der Waals surface area contributed by atoms with Crippen molar-refractivity contribution >= 4 is 17.8 Å². The summed E-state index contributed by atoms with van der Waals surface area (Å²) in [4.78, 5) is 30.6. The Hall–Kier alpha value is -3.68. The number of methoxy groups -OCH3 is 1. The van der Waals surface area contributed by atoms with Crippen molar-refractivity contribution in [3.63, 3.8) is 0 Å². The van der Waals surface area contributed by atoms with Crippen molar-refractivity contribution in [2.45, 2.75) is 20.3 Å². The Labute approximate surface area is 180 Å². The number of ether oxygens (including phenoxy) is 1. The summed E-state index contributed by atoms with van der Waals surface area (Å²) in [6, 6.07) is 13.2. The van der Waals surface area contributed by atoms with Gasteiger partial charge >= 0.3 is 0 Å². The van der Waals surface area contributed by atoms with Gasteiger partial charge in [0.05, 0.1) is 19.3 Å². The first-order valence-electron chi connectivity index (χ1n) is 10.0. The average Bonchev–Trinajstić information content (AvgIpc) is 3.21. The van der Waals surface area contributed by atoms with E-state index in [0.29, 0.717) is 24.3 Å². The van der Waals surface area contributed by atoms with E-state index in [4.69, 9.17) is 4.74 Å². The minimum Gasteiger partial charge on any atom is -0.497 e. The molecule has 1 N–H and O–H groups in total. The van der Waals surface area contributed by atoms with Gasteiger partial charge in [-0.05, 0) is 55.5 Å². The lowest BCUT2D eigenvalue weighted by Gasteiger charge is -2.19. The van der Waals surface area contributed by atoms with Crippen molar-refractivity contribution in [2.24, 2.45) is 0 Å². The lowest BCUT2D eigenvalue weighted by atomic mass is 10.1. The van der Waals surface area contributed by atoms with Crippen LogP contribution in [0.4, 0.5) is 10.3 Å². The molecule has 31 heavy (non-hydrogen) atoms. The third kappa shape index (κ3) is 5.28. The van der Waals surface area contributed by atoms with Crippen LogP contribution in [0, 0.1) is 5.82 Å². The molecule has 8 heteroatoms.